The fraction of sp³-hybridized carbons (Fsp3) is 0.176. The molecule has 0 saturated heterocycles. The molecule has 7 heteroatoms. The molecule has 3 rings (SSSR count). The van der Waals surface area contributed by atoms with Crippen molar-refractivity contribution in [2.24, 2.45) is 0 Å². The van der Waals surface area contributed by atoms with Crippen molar-refractivity contribution in [2.45, 2.75) is 6.54 Å². The highest BCUT2D eigenvalue weighted by Gasteiger charge is 2.19. The van der Waals surface area contributed by atoms with Gasteiger partial charge < -0.3 is 10.0 Å². The van der Waals surface area contributed by atoms with E-state index in [4.69, 9.17) is 0 Å². The minimum atomic E-state index is -0.160. The van der Waals surface area contributed by atoms with E-state index in [-0.39, 0.29) is 19.1 Å². The van der Waals surface area contributed by atoms with Crippen LogP contribution in [0.2, 0.25) is 0 Å². The second-order valence-electron chi connectivity index (χ2n) is 5.04. The van der Waals surface area contributed by atoms with Crippen molar-refractivity contribution in [3.63, 3.8) is 0 Å². The van der Waals surface area contributed by atoms with E-state index in [1.54, 1.807) is 23.4 Å². The standard InChI is InChI=1S/C17H16N4O2S/c22-10-9-21(12-13-5-2-1-3-6-13)17(23)14-11-20-16(24-14)15-18-7-4-8-19-15/h1-8,11,22H,9-10,12H2. The van der Waals surface area contributed by atoms with Gasteiger partial charge in [0.15, 0.2) is 10.8 Å². The van der Waals surface area contributed by atoms with E-state index in [9.17, 15) is 9.90 Å². The Bertz CT molecular complexity index is 793. The molecule has 0 atom stereocenters. The molecule has 3 aromatic rings. The van der Waals surface area contributed by atoms with Crippen molar-refractivity contribution in [1.82, 2.24) is 19.9 Å². The van der Waals surface area contributed by atoms with Crippen LogP contribution in [0.25, 0.3) is 10.8 Å². The fourth-order valence-corrected chi connectivity index (χ4v) is 3.05. The number of thiazole rings is 1. The van der Waals surface area contributed by atoms with E-state index < -0.39 is 0 Å². The molecule has 2 heterocycles. The quantitative estimate of drug-likeness (QED) is 0.744. The first-order valence-electron chi connectivity index (χ1n) is 7.45. The van der Waals surface area contributed by atoms with Gasteiger partial charge in [0, 0.05) is 25.5 Å². The third-order valence-electron chi connectivity index (χ3n) is 3.35. The van der Waals surface area contributed by atoms with E-state index >= 15 is 0 Å². The van der Waals surface area contributed by atoms with Gasteiger partial charge in [0.1, 0.15) is 4.88 Å². The highest BCUT2D eigenvalue weighted by atomic mass is 32.1. The smallest absolute Gasteiger partial charge is 0.265 e. The molecule has 0 aliphatic carbocycles. The van der Waals surface area contributed by atoms with E-state index in [1.807, 2.05) is 30.3 Å². The monoisotopic (exact) mass is 340 g/mol. The molecule has 24 heavy (non-hydrogen) atoms. The highest BCUT2D eigenvalue weighted by Crippen LogP contribution is 2.23. The third kappa shape index (κ3) is 3.81. The topological polar surface area (TPSA) is 79.2 Å². The van der Waals surface area contributed by atoms with Gasteiger partial charge in [0.2, 0.25) is 0 Å². The minimum Gasteiger partial charge on any atom is -0.395 e. The lowest BCUT2D eigenvalue weighted by molar-refractivity contribution is 0.0712. The van der Waals surface area contributed by atoms with E-state index in [0.29, 0.717) is 22.3 Å². The van der Waals surface area contributed by atoms with Gasteiger partial charge in [-0.1, -0.05) is 30.3 Å². The Balaban J connectivity index is 1.79. The molecule has 0 radical (unpaired) electrons. The zero-order chi connectivity index (χ0) is 16.8. The summed E-state index contributed by atoms with van der Waals surface area (Å²) < 4.78 is 0. The summed E-state index contributed by atoms with van der Waals surface area (Å²) in [7, 11) is 0. The number of carbonyl (C=O) groups excluding carboxylic acids is 1. The number of hydrogen-bond donors (Lipinski definition) is 1. The number of aromatic nitrogens is 3. The number of hydrogen-bond acceptors (Lipinski definition) is 6. The Morgan fingerprint density at radius 2 is 1.83 bits per heavy atom. The Morgan fingerprint density at radius 1 is 1.08 bits per heavy atom. The lowest BCUT2D eigenvalue weighted by Crippen LogP contribution is -2.32. The molecule has 0 bridgehead atoms. The number of amides is 1. The van der Waals surface area contributed by atoms with Gasteiger partial charge in [-0.05, 0) is 11.6 Å². The van der Waals surface area contributed by atoms with Crippen LogP contribution in [-0.4, -0.2) is 44.0 Å². The first-order valence-corrected chi connectivity index (χ1v) is 8.27. The number of aliphatic hydroxyl groups is 1. The molecule has 0 aliphatic rings. The van der Waals surface area contributed by atoms with Crippen LogP contribution < -0.4 is 0 Å². The maximum Gasteiger partial charge on any atom is 0.265 e. The molecule has 6 nitrogen and oxygen atoms in total. The zero-order valence-electron chi connectivity index (χ0n) is 12.9. The van der Waals surface area contributed by atoms with Crippen molar-refractivity contribution in [1.29, 1.82) is 0 Å². The van der Waals surface area contributed by atoms with E-state index in [1.165, 1.54) is 17.5 Å². The van der Waals surface area contributed by atoms with Crippen molar-refractivity contribution >= 4 is 17.2 Å². The number of nitrogens with zero attached hydrogens (tertiary/aromatic N) is 4. The maximum atomic E-state index is 12.7. The van der Waals surface area contributed by atoms with Crippen LogP contribution in [0.1, 0.15) is 15.2 Å². The van der Waals surface area contributed by atoms with Gasteiger partial charge >= 0.3 is 0 Å². The van der Waals surface area contributed by atoms with Gasteiger partial charge in [0.05, 0.1) is 12.8 Å². The van der Waals surface area contributed by atoms with Crippen LogP contribution in [0.15, 0.2) is 55.0 Å². The number of rotatable bonds is 6. The summed E-state index contributed by atoms with van der Waals surface area (Å²) in [5.41, 5.74) is 1.01. The predicted molar refractivity (Wildman–Crippen MR) is 91.4 cm³/mol. The first-order chi connectivity index (χ1) is 11.8. The molecule has 0 spiro atoms. The van der Waals surface area contributed by atoms with Crippen LogP contribution in [0.4, 0.5) is 0 Å². The van der Waals surface area contributed by atoms with Gasteiger partial charge in [-0.25, -0.2) is 15.0 Å². The number of benzene rings is 1. The Labute approximate surface area is 143 Å². The number of carbonyl (C=O) groups is 1. The van der Waals surface area contributed by atoms with Crippen LogP contribution in [0.5, 0.6) is 0 Å². The molecule has 2 aromatic heterocycles. The molecule has 122 valence electrons. The van der Waals surface area contributed by atoms with Gasteiger partial charge in [-0.15, -0.1) is 11.3 Å². The molecule has 1 N–H and O–H groups in total. The van der Waals surface area contributed by atoms with Crippen molar-refractivity contribution in [2.75, 3.05) is 13.2 Å². The maximum absolute atomic E-state index is 12.7. The summed E-state index contributed by atoms with van der Waals surface area (Å²) in [6.45, 7) is 0.615. The molecule has 0 saturated carbocycles. The third-order valence-corrected chi connectivity index (χ3v) is 4.33. The molecule has 0 fully saturated rings. The number of aliphatic hydroxyl groups excluding tert-OH is 1. The lowest BCUT2D eigenvalue weighted by atomic mass is 10.2. The Kier molecular flexibility index (Phi) is 5.25. The first kappa shape index (κ1) is 16.2. The summed E-state index contributed by atoms with van der Waals surface area (Å²) in [4.78, 5) is 27.4. The predicted octanol–water partition coefficient (Wildman–Crippen LogP) is 2.23. The molecular weight excluding hydrogens is 324 g/mol. The largest absolute Gasteiger partial charge is 0.395 e. The van der Waals surface area contributed by atoms with E-state index in [2.05, 4.69) is 15.0 Å². The second kappa shape index (κ2) is 7.76. The van der Waals surface area contributed by atoms with Gasteiger partial charge in [-0.2, -0.15) is 0 Å². The summed E-state index contributed by atoms with van der Waals surface area (Å²) >= 11 is 1.25. The zero-order valence-corrected chi connectivity index (χ0v) is 13.7. The second-order valence-corrected chi connectivity index (χ2v) is 6.07. The Hall–Kier alpha value is -2.64. The van der Waals surface area contributed by atoms with Gasteiger partial charge in [0.25, 0.3) is 5.91 Å². The van der Waals surface area contributed by atoms with Crippen LogP contribution in [0.3, 0.4) is 0 Å². The minimum absolute atomic E-state index is 0.0912. The van der Waals surface area contributed by atoms with Gasteiger partial charge in [-0.3, -0.25) is 4.79 Å². The SMILES string of the molecule is O=C(c1cnc(-c2ncccn2)s1)N(CCO)Cc1ccccc1. The van der Waals surface area contributed by atoms with Crippen LogP contribution in [-0.2, 0) is 6.54 Å². The summed E-state index contributed by atoms with van der Waals surface area (Å²) in [5.74, 6) is 0.339. The lowest BCUT2D eigenvalue weighted by Gasteiger charge is -2.21. The molecule has 1 aromatic carbocycles. The average molecular weight is 340 g/mol. The van der Waals surface area contributed by atoms with Crippen LogP contribution >= 0.6 is 11.3 Å². The molecule has 0 aliphatic heterocycles. The van der Waals surface area contributed by atoms with Crippen molar-refractivity contribution in [3.05, 3.63) is 65.4 Å². The summed E-state index contributed by atoms with van der Waals surface area (Å²) in [6.07, 6.45) is 4.81. The summed E-state index contributed by atoms with van der Waals surface area (Å²) in [5, 5.41) is 9.87. The molecule has 1 amide bonds. The Morgan fingerprint density at radius 3 is 2.54 bits per heavy atom. The highest BCUT2D eigenvalue weighted by molar-refractivity contribution is 7.16. The molecule has 0 unspecified atom stereocenters. The normalized spacial score (nSPS) is 10.5. The summed E-state index contributed by atoms with van der Waals surface area (Å²) in [6, 6.07) is 11.4. The van der Waals surface area contributed by atoms with Crippen LogP contribution in [0, 0.1) is 0 Å². The van der Waals surface area contributed by atoms with Crippen molar-refractivity contribution in [3.8, 4) is 10.8 Å². The van der Waals surface area contributed by atoms with E-state index in [0.717, 1.165) is 5.56 Å². The van der Waals surface area contributed by atoms with Crippen molar-refractivity contribution < 1.29 is 9.90 Å². The fourth-order valence-electron chi connectivity index (χ4n) is 2.22. The average Bonchev–Trinajstić information content (AvgIpc) is 3.12. The molecular formula is C17H16N4O2S.